The van der Waals surface area contributed by atoms with Crippen molar-refractivity contribution in [1.29, 1.82) is 0 Å². The van der Waals surface area contributed by atoms with Gasteiger partial charge in [-0.1, -0.05) is 19.4 Å². The summed E-state index contributed by atoms with van der Waals surface area (Å²) in [5, 5.41) is 0. The molecule has 8 heteroatoms. The average Bonchev–Trinajstić information content (AvgIpc) is 2.68. The molecule has 3 rings (SSSR count). The lowest BCUT2D eigenvalue weighted by Gasteiger charge is -2.39. The van der Waals surface area contributed by atoms with E-state index in [9.17, 15) is 9.59 Å². The van der Waals surface area contributed by atoms with Crippen molar-refractivity contribution in [1.82, 2.24) is 9.88 Å². The lowest BCUT2D eigenvalue weighted by molar-refractivity contribution is -0.0637. The third-order valence-electron chi connectivity index (χ3n) is 5.88. The van der Waals surface area contributed by atoms with Crippen molar-refractivity contribution in [3.05, 3.63) is 23.4 Å². The number of fused-ring (bicyclic) bond motifs is 1. The summed E-state index contributed by atoms with van der Waals surface area (Å²) in [6.07, 6.45) is 4.30. The summed E-state index contributed by atoms with van der Waals surface area (Å²) in [5.74, 6) is 1.12. The quantitative estimate of drug-likeness (QED) is 0.480. The number of aromatic nitrogens is 1. The van der Waals surface area contributed by atoms with E-state index in [0.29, 0.717) is 32.2 Å². The number of likely N-dealkylation sites (tertiary alicyclic amines) is 1. The van der Waals surface area contributed by atoms with Gasteiger partial charge in [0.15, 0.2) is 0 Å². The van der Waals surface area contributed by atoms with Crippen LogP contribution < -0.4 is 4.90 Å². The summed E-state index contributed by atoms with van der Waals surface area (Å²) in [4.78, 5) is 33.0. The minimum atomic E-state index is -0.537. The smallest absolute Gasteiger partial charge is 0.416 e. The highest BCUT2D eigenvalue weighted by Gasteiger charge is 2.34. The normalized spacial score (nSPS) is 18.7. The number of carbonyl (C=O) groups excluding carboxylic acids is 2. The predicted octanol–water partition coefficient (Wildman–Crippen LogP) is 5.36. The van der Waals surface area contributed by atoms with Crippen LogP contribution in [0.5, 0.6) is 0 Å². The Labute approximate surface area is 210 Å². The number of unbranched alkanes of at least 4 members (excludes halogenated alkanes) is 2. The van der Waals surface area contributed by atoms with Gasteiger partial charge in [0.05, 0.1) is 19.2 Å². The fourth-order valence-electron chi connectivity index (χ4n) is 4.22. The van der Waals surface area contributed by atoms with E-state index >= 15 is 0 Å². The molecule has 1 atom stereocenters. The van der Waals surface area contributed by atoms with E-state index in [1.807, 2.05) is 41.5 Å². The Kier molecular flexibility index (Phi) is 8.67. The highest BCUT2D eigenvalue weighted by Crippen LogP contribution is 2.30. The molecule has 0 aliphatic carbocycles. The zero-order chi connectivity index (χ0) is 25.8. The Morgan fingerprint density at radius 1 is 0.943 bits per heavy atom. The van der Waals surface area contributed by atoms with E-state index in [4.69, 9.17) is 19.2 Å². The molecule has 0 N–H and O–H groups in total. The maximum Gasteiger partial charge on any atom is 0.416 e. The summed E-state index contributed by atoms with van der Waals surface area (Å²) in [7, 11) is 0. The molecule has 1 unspecified atom stereocenters. The number of nitrogens with zero attached hydrogens (tertiary/aromatic N) is 3. The molecule has 2 aliphatic rings. The summed E-state index contributed by atoms with van der Waals surface area (Å²) in [5.41, 5.74) is 1.10. The number of amides is 2. The number of anilines is 1. The minimum Gasteiger partial charge on any atom is -0.444 e. The molecule has 8 nitrogen and oxygen atoms in total. The van der Waals surface area contributed by atoms with Gasteiger partial charge >= 0.3 is 12.2 Å². The van der Waals surface area contributed by atoms with Gasteiger partial charge in [0.25, 0.3) is 0 Å². The molecule has 0 bridgehead atoms. The number of rotatable bonds is 7. The van der Waals surface area contributed by atoms with E-state index in [1.54, 1.807) is 9.80 Å². The second kappa shape index (κ2) is 11.1. The molecule has 1 aromatic rings. The number of hydrogen-bond donors (Lipinski definition) is 0. The fraction of sp³-hybridized carbons (Fsp3) is 0.741. The third kappa shape index (κ3) is 8.37. The standard InChI is InChI=1S/C27H43N3O5/c1-19-15-20-12-13-21(28-23(20)30(16-19)25(32)35-27(5,6)7)11-9-8-10-14-33-22-17-29(18-22)24(31)34-26(2,3)4/h12-13,19,22H,8-11,14-18H2,1-7H3. The molecule has 1 saturated heterocycles. The summed E-state index contributed by atoms with van der Waals surface area (Å²) >= 11 is 0. The minimum absolute atomic E-state index is 0.103. The molecule has 0 radical (unpaired) electrons. The zero-order valence-corrected chi connectivity index (χ0v) is 22.6. The molecule has 0 aromatic carbocycles. The first-order chi connectivity index (χ1) is 16.3. The maximum atomic E-state index is 12.8. The first kappa shape index (κ1) is 27.2. The van der Waals surface area contributed by atoms with Crippen molar-refractivity contribution in [3.63, 3.8) is 0 Å². The molecule has 2 aliphatic heterocycles. The van der Waals surface area contributed by atoms with Gasteiger partial charge in [0.1, 0.15) is 17.0 Å². The van der Waals surface area contributed by atoms with Crippen LogP contribution in [-0.4, -0.2) is 65.6 Å². The Morgan fingerprint density at radius 3 is 2.26 bits per heavy atom. The molecular formula is C27H43N3O5. The second-order valence-corrected chi connectivity index (χ2v) is 11.9. The Hall–Kier alpha value is -2.35. The van der Waals surface area contributed by atoms with Crippen LogP contribution in [0.1, 0.15) is 79.0 Å². The number of hydrogen-bond acceptors (Lipinski definition) is 6. The summed E-state index contributed by atoms with van der Waals surface area (Å²) in [6.45, 7) is 15.9. The third-order valence-corrected chi connectivity index (χ3v) is 5.88. The number of carbonyl (C=O) groups is 2. The van der Waals surface area contributed by atoms with E-state index in [1.165, 1.54) is 0 Å². The molecule has 3 heterocycles. The maximum absolute atomic E-state index is 12.8. The largest absolute Gasteiger partial charge is 0.444 e. The number of ether oxygens (including phenoxy) is 3. The van der Waals surface area contributed by atoms with Crippen molar-refractivity contribution in [2.45, 2.75) is 97.9 Å². The highest BCUT2D eigenvalue weighted by molar-refractivity contribution is 5.88. The molecule has 1 fully saturated rings. The van der Waals surface area contributed by atoms with Crippen LogP contribution in [0.2, 0.25) is 0 Å². The second-order valence-electron chi connectivity index (χ2n) is 11.9. The van der Waals surface area contributed by atoms with Crippen LogP contribution in [-0.2, 0) is 27.1 Å². The van der Waals surface area contributed by atoms with E-state index in [-0.39, 0.29) is 18.3 Å². The van der Waals surface area contributed by atoms with Gasteiger partial charge in [-0.3, -0.25) is 4.90 Å². The molecule has 0 spiro atoms. The summed E-state index contributed by atoms with van der Waals surface area (Å²) in [6, 6.07) is 4.20. The Bertz CT molecular complexity index is 884. The van der Waals surface area contributed by atoms with Gasteiger partial charge in [-0.05, 0) is 84.8 Å². The van der Waals surface area contributed by atoms with Crippen LogP contribution in [0.25, 0.3) is 0 Å². The first-order valence-electron chi connectivity index (χ1n) is 12.9. The van der Waals surface area contributed by atoms with Gasteiger partial charge in [-0.2, -0.15) is 0 Å². The molecule has 35 heavy (non-hydrogen) atoms. The van der Waals surface area contributed by atoms with Crippen molar-refractivity contribution < 1.29 is 23.8 Å². The highest BCUT2D eigenvalue weighted by atomic mass is 16.6. The Morgan fingerprint density at radius 2 is 1.60 bits per heavy atom. The van der Waals surface area contributed by atoms with E-state index < -0.39 is 11.2 Å². The van der Waals surface area contributed by atoms with Crippen molar-refractivity contribution in [2.24, 2.45) is 5.92 Å². The first-order valence-corrected chi connectivity index (χ1v) is 12.9. The molecule has 1 aromatic heterocycles. The molecule has 2 amide bonds. The van der Waals surface area contributed by atoms with Crippen LogP contribution in [0.4, 0.5) is 15.4 Å². The van der Waals surface area contributed by atoms with Crippen molar-refractivity contribution >= 4 is 18.0 Å². The number of pyridine rings is 1. The van der Waals surface area contributed by atoms with Crippen LogP contribution in [0, 0.1) is 5.92 Å². The van der Waals surface area contributed by atoms with Gasteiger partial charge < -0.3 is 19.1 Å². The molecule has 0 saturated carbocycles. The Balaban J connectivity index is 1.39. The van der Waals surface area contributed by atoms with Crippen LogP contribution >= 0.6 is 0 Å². The molecular weight excluding hydrogens is 446 g/mol. The van der Waals surface area contributed by atoms with Crippen LogP contribution in [0.15, 0.2) is 12.1 Å². The van der Waals surface area contributed by atoms with Gasteiger partial charge in [0, 0.05) is 18.8 Å². The topological polar surface area (TPSA) is 81.2 Å². The van der Waals surface area contributed by atoms with E-state index in [2.05, 4.69) is 19.1 Å². The van der Waals surface area contributed by atoms with Gasteiger partial charge in [-0.25, -0.2) is 14.6 Å². The SMILES string of the molecule is CC1Cc2ccc(CCCCCOC3CN(C(=O)OC(C)(C)C)C3)nc2N(C(=O)OC(C)(C)C)C1. The van der Waals surface area contributed by atoms with E-state index in [0.717, 1.165) is 49.2 Å². The van der Waals surface area contributed by atoms with Crippen molar-refractivity contribution in [3.8, 4) is 0 Å². The summed E-state index contributed by atoms with van der Waals surface area (Å²) < 4.78 is 16.9. The van der Waals surface area contributed by atoms with Gasteiger partial charge in [-0.15, -0.1) is 0 Å². The zero-order valence-electron chi connectivity index (χ0n) is 22.6. The lowest BCUT2D eigenvalue weighted by atomic mass is 9.96. The number of aryl methyl sites for hydroxylation is 1. The monoisotopic (exact) mass is 489 g/mol. The predicted molar refractivity (Wildman–Crippen MR) is 136 cm³/mol. The fourth-order valence-corrected chi connectivity index (χ4v) is 4.22. The van der Waals surface area contributed by atoms with Crippen molar-refractivity contribution in [2.75, 3.05) is 31.1 Å². The lowest BCUT2D eigenvalue weighted by Crippen LogP contribution is -2.55. The average molecular weight is 490 g/mol. The molecule has 196 valence electrons. The van der Waals surface area contributed by atoms with Gasteiger partial charge in [0.2, 0.25) is 0 Å². The van der Waals surface area contributed by atoms with Crippen LogP contribution in [0.3, 0.4) is 0 Å².